The molecule has 3 aliphatic heterocycles. The molecule has 11 nitrogen and oxygen atoms in total. The van der Waals surface area contributed by atoms with Gasteiger partial charge in [0, 0.05) is 43.7 Å². The van der Waals surface area contributed by atoms with Gasteiger partial charge in [-0.25, -0.2) is 4.79 Å². The summed E-state index contributed by atoms with van der Waals surface area (Å²) in [6.07, 6.45) is -2.38. The Balaban J connectivity index is 1.51. The predicted molar refractivity (Wildman–Crippen MR) is 166 cm³/mol. The zero-order valence-corrected chi connectivity index (χ0v) is 26.2. The van der Waals surface area contributed by atoms with Crippen molar-refractivity contribution in [3.8, 4) is 11.8 Å². The highest BCUT2D eigenvalue weighted by molar-refractivity contribution is 5.94. The van der Waals surface area contributed by atoms with Crippen molar-refractivity contribution >= 4 is 17.9 Å². The number of hydrogen-bond donors (Lipinski definition) is 3. The first-order valence-electron chi connectivity index (χ1n) is 15.2. The third-order valence-electron chi connectivity index (χ3n) is 6.73. The number of carbonyl (C=O) groups excluding carboxylic acids is 2. The van der Waals surface area contributed by atoms with Gasteiger partial charge in [-0.3, -0.25) is 4.79 Å². The van der Waals surface area contributed by atoms with Crippen molar-refractivity contribution in [2.45, 2.75) is 64.7 Å². The minimum Gasteiger partial charge on any atom is -0.494 e. The van der Waals surface area contributed by atoms with E-state index >= 15 is 0 Å². The molecule has 3 amide bonds. The molecular weight excluding hydrogens is 603 g/mol. The third kappa shape index (κ3) is 11.7. The fraction of sp³-hybridized carbons (Fsp3) is 0.469. The molecular formula is C32H40F3N7O4. The quantitative estimate of drug-likeness (QED) is 0.351. The number of alkyl halides is 3. The van der Waals surface area contributed by atoms with E-state index in [0.717, 1.165) is 11.1 Å². The summed E-state index contributed by atoms with van der Waals surface area (Å²) >= 11 is 0. The smallest absolute Gasteiger partial charge is 0.422 e. The Morgan fingerprint density at radius 3 is 2.33 bits per heavy atom. The molecule has 0 fully saturated rings. The minimum atomic E-state index is -4.56. The first-order chi connectivity index (χ1) is 21.8. The van der Waals surface area contributed by atoms with Gasteiger partial charge in [0.1, 0.15) is 11.6 Å². The standard InChI is InChI=1S/C32H40F3N7O4/c1-31(2,3)41-30(44)42-16-5-4-15-36-27(43)24-11-7-22(8-12-24)19-26-38-28(40-29(39-26)46-21-32(33,34)35)37-20-23-9-13-25(14-10-23)45-18-6-17-42/h7-14H,4-6,15-21H2,1-3H3,(H,36,43)(H,41,44)(H,37,38,39,40). The van der Waals surface area contributed by atoms with E-state index in [9.17, 15) is 22.8 Å². The molecule has 0 unspecified atom stereocenters. The van der Waals surface area contributed by atoms with E-state index in [1.54, 1.807) is 29.2 Å². The maximum absolute atomic E-state index is 12.9. The van der Waals surface area contributed by atoms with Crippen LogP contribution < -0.4 is 25.4 Å². The summed E-state index contributed by atoms with van der Waals surface area (Å²) in [5, 5.41) is 8.95. The van der Waals surface area contributed by atoms with Gasteiger partial charge in [0.05, 0.1) is 6.61 Å². The average Bonchev–Trinajstić information content (AvgIpc) is 2.99. The lowest BCUT2D eigenvalue weighted by atomic mass is 10.1. The molecule has 0 saturated heterocycles. The van der Waals surface area contributed by atoms with Crippen molar-refractivity contribution in [3.63, 3.8) is 0 Å². The van der Waals surface area contributed by atoms with Crippen LogP contribution in [0.15, 0.2) is 48.5 Å². The first-order valence-corrected chi connectivity index (χ1v) is 15.2. The summed E-state index contributed by atoms with van der Waals surface area (Å²) in [4.78, 5) is 39.9. The Kier molecular flexibility index (Phi) is 11.6. The molecule has 3 N–H and O–H groups in total. The van der Waals surface area contributed by atoms with Gasteiger partial charge in [0.25, 0.3) is 5.91 Å². The fourth-order valence-corrected chi connectivity index (χ4v) is 4.50. The van der Waals surface area contributed by atoms with Crippen LogP contribution in [0.3, 0.4) is 0 Å². The van der Waals surface area contributed by atoms with Crippen molar-refractivity contribution in [2.24, 2.45) is 0 Å². The molecule has 3 aromatic rings. The van der Waals surface area contributed by atoms with Crippen LogP contribution in [-0.4, -0.2) is 76.4 Å². The number of nitrogens with one attached hydrogen (secondary N) is 3. The van der Waals surface area contributed by atoms with Crippen LogP contribution >= 0.6 is 0 Å². The number of fused-ring (bicyclic) bond motifs is 2. The number of carbonyl (C=O) groups is 2. The molecule has 0 atom stereocenters. The van der Waals surface area contributed by atoms with E-state index < -0.39 is 18.8 Å². The van der Waals surface area contributed by atoms with Crippen LogP contribution in [0, 0.1) is 0 Å². The van der Waals surface area contributed by atoms with Gasteiger partial charge >= 0.3 is 18.2 Å². The van der Waals surface area contributed by atoms with Crippen LogP contribution in [0.25, 0.3) is 0 Å². The Bertz CT molecular complexity index is 1450. The van der Waals surface area contributed by atoms with Crippen LogP contribution in [0.4, 0.5) is 23.9 Å². The minimum absolute atomic E-state index is 0.0593. The molecule has 2 aromatic carbocycles. The normalized spacial score (nSPS) is 15.5. The molecule has 0 spiro atoms. The highest BCUT2D eigenvalue weighted by atomic mass is 19.4. The molecule has 14 heteroatoms. The van der Waals surface area contributed by atoms with Crippen molar-refractivity contribution in [2.75, 3.05) is 38.2 Å². The van der Waals surface area contributed by atoms with Gasteiger partial charge in [-0.1, -0.05) is 24.3 Å². The summed E-state index contributed by atoms with van der Waals surface area (Å²) in [5.74, 6) is 0.681. The molecule has 6 rings (SSSR count). The average molecular weight is 644 g/mol. The highest BCUT2D eigenvalue weighted by Crippen LogP contribution is 2.19. The lowest BCUT2D eigenvalue weighted by Crippen LogP contribution is -2.49. The number of hydrogen-bond acceptors (Lipinski definition) is 8. The first kappa shape index (κ1) is 34.3. The van der Waals surface area contributed by atoms with Crippen molar-refractivity contribution in [1.29, 1.82) is 0 Å². The molecule has 4 heterocycles. The van der Waals surface area contributed by atoms with Gasteiger partial charge in [-0.2, -0.15) is 28.1 Å². The van der Waals surface area contributed by atoms with Gasteiger partial charge in [-0.05, 0) is 75.4 Å². The monoisotopic (exact) mass is 643 g/mol. The second kappa shape index (κ2) is 15.6. The number of benzene rings is 2. The Labute approximate surface area is 266 Å². The van der Waals surface area contributed by atoms with E-state index in [1.165, 1.54) is 0 Å². The predicted octanol–water partition coefficient (Wildman–Crippen LogP) is 5.12. The van der Waals surface area contributed by atoms with E-state index in [1.807, 2.05) is 45.0 Å². The number of amides is 3. The third-order valence-corrected chi connectivity index (χ3v) is 6.73. The molecule has 3 aliphatic rings. The summed E-state index contributed by atoms with van der Waals surface area (Å²) in [6, 6.07) is 13.5. The van der Waals surface area contributed by atoms with Gasteiger partial charge in [-0.15, -0.1) is 0 Å². The summed E-state index contributed by atoms with van der Waals surface area (Å²) in [7, 11) is 0. The fourth-order valence-electron chi connectivity index (χ4n) is 4.50. The molecule has 1 aromatic heterocycles. The largest absolute Gasteiger partial charge is 0.494 e. The zero-order valence-electron chi connectivity index (χ0n) is 26.2. The molecule has 0 saturated carbocycles. The number of anilines is 1. The van der Waals surface area contributed by atoms with E-state index in [2.05, 4.69) is 30.9 Å². The zero-order chi connectivity index (χ0) is 33.2. The maximum atomic E-state index is 12.9. The van der Waals surface area contributed by atoms with Gasteiger partial charge in [0.2, 0.25) is 5.95 Å². The maximum Gasteiger partial charge on any atom is 0.422 e. The van der Waals surface area contributed by atoms with Gasteiger partial charge < -0.3 is 30.3 Å². The number of nitrogens with zero attached hydrogens (tertiary/aromatic N) is 4. The lowest BCUT2D eigenvalue weighted by molar-refractivity contribution is -0.154. The summed E-state index contributed by atoms with van der Waals surface area (Å²) in [6.45, 7) is 6.43. The lowest BCUT2D eigenvalue weighted by Gasteiger charge is -2.28. The van der Waals surface area contributed by atoms with Crippen LogP contribution in [-0.2, 0) is 13.0 Å². The van der Waals surface area contributed by atoms with Crippen molar-refractivity contribution in [1.82, 2.24) is 30.5 Å². The van der Waals surface area contributed by atoms with Crippen molar-refractivity contribution in [3.05, 3.63) is 71.0 Å². The SMILES string of the molecule is CC(C)(C)NC(=O)N1CCCCNC(=O)c2ccc(cc2)Cc2nc(nc(OCC(F)(F)F)n2)NCc2ccc(cc2)OCCC1. The topological polar surface area (TPSA) is 131 Å². The molecule has 0 aliphatic carbocycles. The van der Waals surface area contributed by atoms with Crippen LogP contribution in [0.5, 0.6) is 11.8 Å². The van der Waals surface area contributed by atoms with E-state index in [0.29, 0.717) is 56.8 Å². The Morgan fingerprint density at radius 1 is 0.935 bits per heavy atom. The van der Waals surface area contributed by atoms with E-state index in [4.69, 9.17) is 9.47 Å². The molecule has 46 heavy (non-hydrogen) atoms. The second-order valence-electron chi connectivity index (χ2n) is 12.0. The number of ether oxygens (including phenoxy) is 2. The summed E-state index contributed by atoms with van der Waals surface area (Å²) < 4.78 is 49.2. The number of urea groups is 1. The second-order valence-corrected chi connectivity index (χ2v) is 12.0. The molecule has 248 valence electrons. The number of halogens is 3. The van der Waals surface area contributed by atoms with E-state index in [-0.39, 0.29) is 42.2 Å². The van der Waals surface area contributed by atoms with Gasteiger partial charge in [0.15, 0.2) is 6.61 Å². The summed E-state index contributed by atoms with van der Waals surface area (Å²) in [5.41, 5.74) is 1.68. The molecule has 6 bridgehead atoms. The highest BCUT2D eigenvalue weighted by Gasteiger charge is 2.29. The number of rotatable bonds is 2. The van der Waals surface area contributed by atoms with Crippen LogP contribution in [0.1, 0.15) is 67.3 Å². The number of aromatic nitrogens is 3. The van der Waals surface area contributed by atoms with Crippen LogP contribution in [0.2, 0.25) is 0 Å². The Morgan fingerprint density at radius 2 is 1.63 bits per heavy atom. The molecule has 0 radical (unpaired) electrons. The van der Waals surface area contributed by atoms with Crippen molar-refractivity contribution < 1.29 is 32.2 Å². The Hall–Kier alpha value is -4.62.